The van der Waals surface area contributed by atoms with Gasteiger partial charge in [-0.3, -0.25) is 4.90 Å². The zero-order valence-corrected chi connectivity index (χ0v) is 9.84. The first-order chi connectivity index (χ1) is 6.64. The SMILES string of the molecule is CC1CCC2(CCCN2C(C)C)CN1. The van der Waals surface area contributed by atoms with Crippen LogP contribution >= 0.6 is 0 Å². The summed E-state index contributed by atoms with van der Waals surface area (Å²) in [6.45, 7) is 9.51. The van der Waals surface area contributed by atoms with Crippen molar-refractivity contribution in [2.24, 2.45) is 0 Å². The van der Waals surface area contributed by atoms with Gasteiger partial charge in [-0.2, -0.15) is 0 Å². The van der Waals surface area contributed by atoms with Gasteiger partial charge in [-0.1, -0.05) is 0 Å². The van der Waals surface area contributed by atoms with Gasteiger partial charge in [0.2, 0.25) is 0 Å². The van der Waals surface area contributed by atoms with Crippen LogP contribution in [0.3, 0.4) is 0 Å². The van der Waals surface area contributed by atoms with Crippen molar-refractivity contribution in [2.45, 2.75) is 64.1 Å². The van der Waals surface area contributed by atoms with E-state index in [4.69, 9.17) is 0 Å². The number of piperidine rings is 1. The summed E-state index contributed by atoms with van der Waals surface area (Å²) >= 11 is 0. The van der Waals surface area contributed by atoms with E-state index in [1.165, 1.54) is 38.8 Å². The summed E-state index contributed by atoms with van der Waals surface area (Å²) in [5.74, 6) is 0. The van der Waals surface area contributed by atoms with Gasteiger partial charge in [0.15, 0.2) is 0 Å². The van der Waals surface area contributed by atoms with Crippen molar-refractivity contribution in [3.05, 3.63) is 0 Å². The molecule has 0 amide bonds. The van der Waals surface area contributed by atoms with E-state index in [0.717, 1.165) is 6.04 Å². The van der Waals surface area contributed by atoms with Crippen LogP contribution in [0.4, 0.5) is 0 Å². The lowest BCUT2D eigenvalue weighted by atomic mass is 9.84. The zero-order valence-electron chi connectivity index (χ0n) is 9.84. The molecule has 0 aromatic carbocycles. The highest BCUT2D eigenvalue weighted by molar-refractivity contribution is 5.01. The van der Waals surface area contributed by atoms with Crippen molar-refractivity contribution in [1.82, 2.24) is 10.2 Å². The Balaban J connectivity index is 2.06. The number of nitrogens with zero attached hydrogens (tertiary/aromatic N) is 1. The maximum absolute atomic E-state index is 3.66. The third kappa shape index (κ3) is 1.70. The molecule has 2 rings (SSSR count). The van der Waals surface area contributed by atoms with Gasteiger partial charge < -0.3 is 5.32 Å². The highest BCUT2D eigenvalue weighted by atomic mass is 15.3. The minimum absolute atomic E-state index is 0.515. The van der Waals surface area contributed by atoms with Gasteiger partial charge in [0.05, 0.1) is 0 Å². The first-order valence-corrected chi connectivity index (χ1v) is 6.14. The van der Waals surface area contributed by atoms with E-state index in [9.17, 15) is 0 Å². The molecule has 0 bridgehead atoms. The van der Waals surface area contributed by atoms with E-state index in [-0.39, 0.29) is 0 Å². The Kier molecular flexibility index (Phi) is 2.85. The molecular formula is C12H24N2. The van der Waals surface area contributed by atoms with Crippen LogP contribution in [0.25, 0.3) is 0 Å². The first-order valence-electron chi connectivity index (χ1n) is 6.14. The predicted octanol–water partition coefficient (Wildman–Crippen LogP) is 2.00. The summed E-state index contributed by atoms with van der Waals surface area (Å²) in [6.07, 6.45) is 5.56. The van der Waals surface area contributed by atoms with E-state index in [1.807, 2.05) is 0 Å². The minimum Gasteiger partial charge on any atom is -0.312 e. The van der Waals surface area contributed by atoms with Gasteiger partial charge >= 0.3 is 0 Å². The molecule has 0 aromatic rings. The lowest BCUT2D eigenvalue weighted by Crippen LogP contribution is -2.58. The van der Waals surface area contributed by atoms with Gasteiger partial charge in [-0.05, 0) is 53.0 Å². The second-order valence-electron chi connectivity index (χ2n) is 5.44. The third-order valence-electron chi connectivity index (χ3n) is 4.10. The highest BCUT2D eigenvalue weighted by Crippen LogP contribution is 2.37. The molecule has 0 aliphatic carbocycles. The minimum atomic E-state index is 0.515. The quantitative estimate of drug-likeness (QED) is 0.690. The molecular weight excluding hydrogens is 172 g/mol. The Morgan fingerprint density at radius 2 is 2.14 bits per heavy atom. The monoisotopic (exact) mass is 196 g/mol. The van der Waals surface area contributed by atoms with Gasteiger partial charge in [0, 0.05) is 24.2 Å². The molecule has 1 spiro atoms. The highest BCUT2D eigenvalue weighted by Gasteiger charge is 2.43. The Bertz CT molecular complexity index is 192. The van der Waals surface area contributed by atoms with Gasteiger partial charge in [0.25, 0.3) is 0 Å². The molecule has 2 atom stereocenters. The second kappa shape index (κ2) is 3.82. The van der Waals surface area contributed by atoms with Gasteiger partial charge in [-0.25, -0.2) is 0 Å². The Labute approximate surface area is 88.1 Å². The molecule has 0 saturated carbocycles. The van der Waals surface area contributed by atoms with Crippen LogP contribution in [0.5, 0.6) is 0 Å². The molecule has 1 N–H and O–H groups in total. The molecule has 2 aliphatic rings. The second-order valence-corrected chi connectivity index (χ2v) is 5.44. The first kappa shape index (κ1) is 10.4. The number of likely N-dealkylation sites (tertiary alicyclic amines) is 1. The summed E-state index contributed by atoms with van der Waals surface area (Å²) in [6, 6.07) is 1.45. The molecule has 2 saturated heterocycles. The van der Waals surface area contributed by atoms with Crippen LogP contribution in [-0.4, -0.2) is 35.6 Å². The fourth-order valence-electron chi connectivity index (χ4n) is 3.26. The summed E-state index contributed by atoms with van der Waals surface area (Å²) < 4.78 is 0. The van der Waals surface area contributed by atoms with Crippen molar-refractivity contribution in [3.8, 4) is 0 Å². The fraction of sp³-hybridized carbons (Fsp3) is 1.00. The van der Waals surface area contributed by atoms with Crippen LogP contribution in [0, 0.1) is 0 Å². The largest absolute Gasteiger partial charge is 0.312 e. The molecule has 2 nitrogen and oxygen atoms in total. The number of rotatable bonds is 1. The van der Waals surface area contributed by atoms with Crippen LogP contribution in [0.2, 0.25) is 0 Å². The molecule has 2 aliphatic heterocycles. The van der Waals surface area contributed by atoms with E-state index < -0.39 is 0 Å². The molecule has 14 heavy (non-hydrogen) atoms. The maximum atomic E-state index is 3.66. The molecule has 2 heteroatoms. The van der Waals surface area contributed by atoms with E-state index in [1.54, 1.807) is 0 Å². The number of hydrogen-bond acceptors (Lipinski definition) is 2. The van der Waals surface area contributed by atoms with E-state index in [0.29, 0.717) is 11.6 Å². The zero-order chi connectivity index (χ0) is 10.2. The van der Waals surface area contributed by atoms with Crippen molar-refractivity contribution >= 4 is 0 Å². The fourth-order valence-corrected chi connectivity index (χ4v) is 3.26. The van der Waals surface area contributed by atoms with Crippen LogP contribution in [0.1, 0.15) is 46.5 Å². The average Bonchev–Trinajstić information content (AvgIpc) is 2.55. The Morgan fingerprint density at radius 3 is 2.71 bits per heavy atom. The van der Waals surface area contributed by atoms with Crippen LogP contribution in [-0.2, 0) is 0 Å². The lowest BCUT2D eigenvalue weighted by Gasteiger charge is -2.45. The van der Waals surface area contributed by atoms with Gasteiger partial charge in [-0.15, -0.1) is 0 Å². The van der Waals surface area contributed by atoms with E-state index in [2.05, 4.69) is 31.0 Å². The van der Waals surface area contributed by atoms with E-state index >= 15 is 0 Å². The molecule has 82 valence electrons. The van der Waals surface area contributed by atoms with Crippen molar-refractivity contribution in [2.75, 3.05) is 13.1 Å². The maximum Gasteiger partial charge on any atom is 0.0337 e. The summed E-state index contributed by atoms with van der Waals surface area (Å²) in [7, 11) is 0. The number of nitrogens with one attached hydrogen (secondary N) is 1. The van der Waals surface area contributed by atoms with Crippen molar-refractivity contribution in [3.63, 3.8) is 0 Å². The topological polar surface area (TPSA) is 15.3 Å². The normalized spacial score (nSPS) is 39.9. The molecule has 0 aromatic heterocycles. The third-order valence-corrected chi connectivity index (χ3v) is 4.10. The summed E-state index contributed by atoms with van der Waals surface area (Å²) in [5, 5.41) is 3.66. The predicted molar refractivity (Wildman–Crippen MR) is 60.5 cm³/mol. The molecule has 2 heterocycles. The van der Waals surface area contributed by atoms with Gasteiger partial charge in [0.1, 0.15) is 0 Å². The smallest absolute Gasteiger partial charge is 0.0337 e. The molecule has 2 fully saturated rings. The Hall–Kier alpha value is -0.0800. The van der Waals surface area contributed by atoms with Crippen molar-refractivity contribution in [1.29, 1.82) is 0 Å². The Morgan fingerprint density at radius 1 is 1.36 bits per heavy atom. The average molecular weight is 196 g/mol. The lowest BCUT2D eigenvalue weighted by molar-refractivity contribution is 0.0668. The standard InChI is InChI=1S/C12H24N2/c1-10(2)14-8-4-6-12(14)7-5-11(3)13-9-12/h10-11,13H,4-9H2,1-3H3. The van der Waals surface area contributed by atoms with Crippen molar-refractivity contribution < 1.29 is 0 Å². The number of hydrogen-bond donors (Lipinski definition) is 1. The summed E-state index contributed by atoms with van der Waals surface area (Å²) in [4.78, 5) is 2.73. The van der Waals surface area contributed by atoms with Crippen LogP contribution in [0.15, 0.2) is 0 Å². The molecule has 0 radical (unpaired) electrons. The summed E-state index contributed by atoms with van der Waals surface area (Å²) in [5.41, 5.74) is 0.515. The molecule has 2 unspecified atom stereocenters. The van der Waals surface area contributed by atoms with Crippen LogP contribution < -0.4 is 5.32 Å².